The summed E-state index contributed by atoms with van der Waals surface area (Å²) >= 11 is 9.16. The molecular weight excluding hydrogens is 305 g/mol. The molecule has 4 heteroatoms. The maximum Gasteiger partial charge on any atom is 0.147 e. The van der Waals surface area contributed by atoms with Crippen LogP contribution in [0.15, 0.2) is 16.6 Å². The van der Waals surface area contributed by atoms with E-state index >= 15 is 0 Å². The Morgan fingerprint density at radius 1 is 1.47 bits per heavy atom. The van der Waals surface area contributed by atoms with Crippen molar-refractivity contribution in [3.05, 3.63) is 33.0 Å². The van der Waals surface area contributed by atoms with E-state index in [2.05, 4.69) is 22.9 Å². The van der Waals surface area contributed by atoms with Gasteiger partial charge in [-0.1, -0.05) is 37.4 Å². The summed E-state index contributed by atoms with van der Waals surface area (Å²) < 4.78 is 14.8. The Kier molecular flexibility index (Phi) is 3.81. The first-order valence-electron chi connectivity index (χ1n) is 5.89. The fraction of sp³-hybridized carbons (Fsp3) is 0.538. The lowest BCUT2D eigenvalue weighted by Crippen LogP contribution is -2.45. The molecule has 1 aliphatic carbocycles. The predicted octanol–water partition coefficient (Wildman–Crippen LogP) is 4.61. The van der Waals surface area contributed by atoms with Crippen molar-refractivity contribution in [1.29, 1.82) is 0 Å². The zero-order valence-corrected chi connectivity index (χ0v) is 12.1. The molecule has 2 rings (SSSR count). The van der Waals surface area contributed by atoms with E-state index in [1.54, 1.807) is 12.1 Å². The van der Waals surface area contributed by atoms with E-state index < -0.39 is 5.54 Å². The van der Waals surface area contributed by atoms with Crippen LogP contribution in [-0.4, -0.2) is 0 Å². The summed E-state index contributed by atoms with van der Waals surface area (Å²) in [4.78, 5) is 0. The van der Waals surface area contributed by atoms with E-state index in [1.807, 2.05) is 0 Å². The summed E-state index contributed by atoms with van der Waals surface area (Å²) in [6, 6.07) is 3.53. The minimum atomic E-state index is -0.577. The quantitative estimate of drug-likeness (QED) is 0.752. The van der Waals surface area contributed by atoms with Gasteiger partial charge in [-0.2, -0.15) is 0 Å². The van der Waals surface area contributed by atoms with Gasteiger partial charge in [-0.15, -0.1) is 0 Å². The lowest BCUT2D eigenvalue weighted by molar-refractivity contribution is 0.201. The molecule has 0 amide bonds. The molecule has 1 aromatic rings. The van der Waals surface area contributed by atoms with Gasteiger partial charge < -0.3 is 5.73 Å². The molecule has 94 valence electrons. The number of nitrogens with two attached hydrogens (primary N) is 1. The van der Waals surface area contributed by atoms with Crippen molar-refractivity contribution >= 4 is 27.5 Å². The molecule has 1 aliphatic rings. The van der Waals surface area contributed by atoms with Gasteiger partial charge in [0.2, 0.25) is 0 Å². The molecule has 2 atom stereocenters. The number of benzene rings is 1. The van der Waals surface area contributed by atoms with E-state index in [0.717, 1.165) is 19.3 Å². The van der Waals surface area contributed by atoms with Gasteiger partial charge in [0, 0.05) is 15.6 Å². The molecular formula is C13H16BrClFN. The maximum absolute atomic E-state index is 14.2. The molecule has 1 aromatic carbocycles. The topological polar surface area (TPSA) is 26.0 Å². The zero-order chi connectivity index (χ0) is 12.6. The Morgan fingerprint density at radius 2 is 2.18 bits per heavy atom. The van der Waals surface area contributed by atoms with Crippen LogP contribution in [0.1, 0.15) is 38.2 Å². The largest absolute Gasteiger partial charge is 0.321 e. The number of halogens is 3. The van der Waals surface area contributed by atoms with Crippen LogP contribution in [0.25, 0.3) is 0 Å². The first kappa shape index (κ1) is 13.3. The second kappa shape index (κ2) is 4.87. The molecule has 1 nitrogen and oxygen atoms in total. The minimum absolute atomic E-state index is 0.130. The van der Waals surface area contributed by atoms with Crippen molar-refractivity contribution in [2.24, 2.45) is 11.7 Å². The van der Waals surface area contributed by atoms with E-state index in [-0.39, 0.29) is 16.8 Å². The van der Waals surface area contributed by atoms with E-state index in [1.165, 1.54) is 6.42 Å². The van der Waals surface area contributed by atoms with E-state index in [9.17, 15) is 4.39 Å². The SMILES string of the molecule is CC1CCCCC1(N)c1ccc(Br)c(Cl)c1F. The van der Waals surface area contributed by atoms with Gasteiger partial charge in [0.25, 0.3) is 0 Å². The van der Waals surface area contributed by atoms with Gasteiger partial charge in [0.05, 0.1) is 5.02 Å². The van der Waals surface area contributed by atoms with Gasteiger partial charge in [-0.25, -0.2) is 4.39 Å². The summed E-state index contributed by atoms with van der Waals surface area (Å²) in [6.45, 7) is 2.09. The average Bonchev–Trinajstić information content (AvgIpc) is 2.30. The van der Waals surface area contributed by atoms with Crippen LogP contribution in [0, 0.1) is 11.7 Å². The predicted molar refractivity (Wildman–Crippen MR) is 72.6 cm³/mol. The van der Waals surface area contributed by atoms with Crippen LogP contribution in [0.2, 0.25) is 5.02 Å². The molecule has 17 heavy (non-hydrogen) atoms. The highest BCUT2D eigenvalue weighted by atomic mass is 79.9. The Morgan fingerprint density at radius 3 is 2.82 bits per heavy atom. The van der Waals surface area contributed by atoms with Crippen LogP contribution >= 0.6 is 27.5 Å². The van der Waals surface area contributed by atoms with Gasteiger partial charge >= 0.3 is 0 Å². The van der Waals surface area contributed by atoms with Crippen molar-refractivity contribution in [2.45, 2.75) is 38.1 Å². The van der Waals surface area contributed by atoms with Crippen molar-refractivity contribution in [2.75, 3.05) is 0 Å². The van der Waals surface area contributed by atoms with Crippen LogP contribution < -0.4 is 5.73 Å². The second-order valence-electron chi connectivity index (χ2n) is 4.91. The minimum Gasteiger partial charge on any atom is -0.321 e. The molecule has 0 bridgehead atoms. The Labute approximate surface area is 115 Å². The van der Waals surface area contributed by atoms with Gasteiger partial charge in [-0.05, 0) is 40.8 Å². The highest BCUT2D eigenvalue weighted by Crippen LogP contribution is 2.42. The summed E-state index contributed by atoms with van der Waals surface area (Å²) in [7, 11) is 0. The fourth-order valence-corrected chi connectivity index (χ4v) is 3.13. The first-order valence-corrected chi connectivity index (χ1v) is 7.07. The van der Waals surface area contributed by atoms with Gasteiger partial charge in [-0.3, -0.25) is 0 Å². The molecule has 1 fully saturated rings. The summed E-state index contributed by atoms with van der Waals surface area (Å²) in [5.41, 5.74) is 6.41. The highest BCUT2D eigenvalue weighted by Gasteiger charge is 2.38. The third-order valence-electron chi connectivity index (χ3n) is 3.89. The normalized spacial score (nSPS) is 29.4. The summed E-state index contributed by atoms with van der Waals surface area (Å²) in [5.74, 6) is -0.0970. The monoisotopic (exact) mass is 319 g/mol. The molecule has 0 spiro atoms. The van der Waals surface area contributed by atoms with Crippen LogP contribution in [0.5, 0.6) is 0 Å². The van der Waals surface area contributed by atoms with E-state index in [0.29, 0.717) is 10.0 Å². The number of rotatable bonds is 1. The molecule has 0 radical (unpaired) electrons. The standard InChI is InChI=1S/C13H16BrClFN/c1-8-4-2-3-7-13(8,17)9-5-6-10(14)11(15)12(9)16/h5-6,8H,2-4,7,17H2,1H3. The van der Waals surface area contributed by atoms with Crippen molar-refractivity contribution in [3.8, 4) is 0 Å². The Bertz CT molecular complexity index is 438. The van der Waals surface area contributed by atoms with Crippen LogP contribution in [0.4, 0.5) is 4.39 Å². The van der Waals surface area contributed by atoms with Crippen molar-refractivity contribution < 1.29 is 4.39 Å². The molecule has 2 unspecified atom stereocenters. The molecule has 0 saturated heterocycles. The molecule has 2 N–H and O–H groups in total. The zero-order valence-electron chi connectivity index (χ0n) is 9.77. The van der Waals surface area contributed by atoms with E-state index in [4.69, 9.17) is 17.3 Å². The molecule has 0 aliphatic heterocycles. The molecule has 0 aromatic heterocycles. The first-order chi connectivity index (χ1) is 7.97. The van der Waals surface area contributed by atoms with Crippen LogP contribution in [-0.2, 0) is 5.54 Å². The maximum atomic E-state index is 14.2. The molecule has 1 saturated carbocycles. The van der Waals surface area contributed by atoms with Gasteiger partial charge in [0.15, 0.2) is 0 Å². The summed E-state index contributed by atoms with van der Waals surface area (Å²) in [5, 5.41) is 0.130. The third-order valence-corrected chi connectivity index (χ3v) is 5.15. The van der Waals surface area contributed by atoms with Crippen LogP contribution in [0.3, 0.4) is 0 Å². The Balaban J connectivity index is 2.49. The smallest absolute Gasteiger partial charge is 0.147 e. The molecule has 0 heterocycles. The fourth-order valence-electron chi connectivity index (χ4n) is 2.66. The lowest BCUT2D eigenvalue weighted by atomic mass is 9.70. The van der Waals surface area contributed by atoms with Crippen molar-refractivity contribution in [1.82, 2.24) is 0 Å². The summed E-state index contributed by atoms with van der Waals surface area (Å²) in [6.07, 6.45) is 4.09. The van der Waals surface area contributed by atoms with Crippen molar-refractivity contribution in [3.63, 3.8) is 0 Å². The third kappa shape index (κ3) is 2.25. The number of hydrogen-bond donors (Lipinski definition) is 1. The second-order valence-corrected chi connectivity index (χ2v) is 6.14. The Hall–Kier alpha value is -0.120. The lowest BCUT2D eigenvalue weighted by Gasteiger charge is -2.40. The number of hydrogen-bond acceptors (Lipinski definition) is 1. The van der Waals surface area contributed by atoms with Gasteiger partial charge in [0.1, 0.15) is 5.82 Å². The highest BCUT2D eigenvalue weighted by molar-refractivity contribution is 9.10. The average molecular weight is 321 g/mol.